The van der Waals surface area contributed by atoms with Crippen LogP contribution in [-0.2, 0) is 22.4 Å². The number of H-pyrrole nitrogens is 1. The highest BCUT2D eigenvalue weighted by Crippen LogP contribution is 2.37. The van der Waals surface area contributed by atoms with Crippen LogP contribution < -0.4 is 16.2 Å². The molecule has 2 aromatic heterocycles. The zero-order valence-corrected chi connectivity index (χ0v) is 16.6. The second kappa shape index (κ2) is 8.45. The highest BCUT2D eigenvalue weighted by molar-refractivity contribution is 7.99. The predicted octanol–water partition coefficient (Wildman–Crippen LogP) is 1.98. The van der Waals surface area contributed by atoms with Gasteiger partial charge < -0.3 is 15.7 Å². The van der Waals surface area contributed by atoms with Gasteiger partial charge in [0.25, 0.3) is 5.56 Å². The van der Waals surface area contributed by atoms with Gasteiger partial charge in [-0.05, 0) is 31.2 Å². The zero-order chi connectivity index (χ0) is 20.3. The van der Waals surface area contributed by atoms with Crippen molar-refractivity contribution in [3.05, 3.63) is 26.4 Å². The number of fused-ring (bicyclic) bond motifs is 1. The molecule has 9 nitrogen and oxygen atoms in total. The fourth-order valence-electron chi connectivity index (χ4n) is 2.87. The van der Waals surface area contributed by atoms with Gasteiger partial charge in [-0.1, -0.05) is 11.8 Å². The van der Waals surface area contributed by atoms with Crippen molar-refractivity contribution >= 4 is 45.6 Å². The number of nitrogens with zero attached hydrogens (tertiary/aromatic N) is 2. The van der Waals surface area contributed by atoms with Gasteiger partial charge in [0, 0.05) is 11.8 Å². The Kier molecular flexibility index (Phi) is 6.01. The van der Waals surface area contributed by atoms with Crippen molar-refractivity contribution < 1.29 is 14.7 Å². The molecule has 0 saturated carbocycles. The number of rotatable bonds is 5. The molecule has 0 fully saturated rings. The Morgan fingerprint density at radius 1 is 1.36 bits per heavy atom. The number of nitrogens with one attached hydrogen (secondary N) is 3. The van der Waals surface area contributed by atoms with Gasteiger partial charge in [0.2, 0.25) is 17.7 Å². The molecule has 28 heavy (non-hydrogen) atoms. The first-order valence-corrected chi connectivity index (χ1v) is 10.3. The van der Waals surface area contributed by atoms with Crippen LogP contribution in [0.3, 0.4) is 0 Å². The van der Waals surface area contributed by atoms with E-state index in [0.717, 1.165) is 47.9 Å². The Bertz CT molecular complexity index is 1040. The second-order valence-corrected chi connectivity index (χ2v) is 8.18. The maximum absolute atomic E-state index is 12.3. The molecule has 0 spiro atoms. The minimum atomic E-state index is -0.719. The molecule has 2 amide bonds. The summed E-state index contributed by atoms with van der Waals surface area (Å²) in [6.45, 7) is 1.20. The molecule has 11 heteroatoms. The van der Waals surface area contributed by atoms with E-state index in [1.807, 2.05) is 0 Å². The van der Waals surface area contributed by atoms with Crippen LogP contribution in [0.2, 0.25) is 0 Å². The van der Waals surface area contributed by atoms with Gasteiger partial charge in [-0.25, -0.2) is 0 Å². The maximum Gasteiger partial charge on any atom is 0.279 e. The lowest BCUT2D eigenvalue weighted by molar-refractivity contribution is -0.114. The summed E-state index contributed by atoms with van der Waals surface area (Å²) in [4.78, 5) is 42.5. The van der Waals surface area contributed by atoms with Crippen LogP contribution in [0, 0.1) is 11.3 Å². The Morgan fingerprint density at radius 2 is 2.11 bits per heavy atom. The monoisotopic (exact) mass is 419 g/mol. The van der Waals surface area contributed by atoms with Gasteiger partial charge in [-0.3, -0.25) is 19.4 Å². The number of aromatic amines is 1. The summed E-state index contributed by atoms with van der Waals surface area (Å²) in [5, 5.41) is 24.7. The number of aromatic hydroxyl groups is 1. The number of hydrogen-bond acceptors (Lipinski definition) is 8. The third-order valence-electron chi connectivity index (χ3n) is 4.06. The van der Waals surface area contributed by atoms with Gasteiger partial charge in [0.15, 0.2) is 10.8 Å². The molecule has 146 valence electrons. The summed E-state index contributed by atoms with van der Waals surface area (Å²) in [7, 11) is 0. The topological polar surface area (TPSA) is 148 Å². The standard InChI is InChI=1S/C17H17N5O4S2/c1-8(23)19-13-14(25)21-17(22-15(13)26)27-7-12(24)20-16-10(6-18)9-4-2-3-5-11(9)28-16/h2-5,7H2,1H3,(H,19,23)(H,20,24)(H2,21,22,25,26). The number of anilines is 2. The van der Waals surface area contributed by atoms with Gasteiger partial charge in [-0.2, -0.15) is 10.2 Å². The lowest BCUT2D eigenvalue weighted by atomic mass is 9.96. The molecule has 0 radical (unpaired) electrons. The quantitative estimate of drug-likeness (QED) is 0.428. The van der Waals surface area contributed by atoms with E-state index < -0.39 is 17.3 Å². The molecule has 0 atom stereocenters. The molecule has 1 aliphatic rings. The lowest BCUT2D eigenvalue weighted by Gasteiger charge is -2.09. The summed E-state index contributed by atoms with van der Waals surface area (Å²) in [6.07, 6.45) is 3.89. The van der Waals surface area contributed by atoms with Crippen LogP contribution in [0.4, 0.5) is 10.7 Å². The smallest absolute Gasteiger partial charge is 0.279 e. The van der Waals surface area contributed by atoms with Crippen molar-refractivity contribution in [2.45, 2.75) is 37.8 Å². The SMILES string of the molecule is CC(=O)Nc1c(O)nc(SCC(=O)Nc2sc3c(c2C#N)CCCC3)[nH]c1=O. The number of thiophene rings is 1. The average Bonchev–Trinajstić information content (AvgIpc) is 2.99. The molecule has 2 aromatic rings. The maximum atomic E-state index is 12.3. The number of carbonyl (C=O) groups excluding carboxylic acids is 2. The van der Waals surface area contributed by atoms with Crippen LogP contribution in [0.15, 0.2) is 9.95 Å². The highest BCUT2D eigenvalue weighted by Gasteiger charge is 2.22. The highest BCUT2D eigenvalue weighted by atomic mass is 32.2. The normalized spacial score (nSPS) is 12.7. The van der Waals surface area contributed by atoms with E-state index in [1.165, 1.54) is 18.3 Å². The van der Waals surface area contributed by atoms with E-state index in [2.05, 4.69) is 26.7 Å². The summed E-state index contributed by atoms with van der Waals surface area (Å²) in [5.41, 5.74) is 0.500. The lowest BCUT2D eigenvalue weighted by Crippen LogP contribution is -2.19. The third kappa shape index (κ3) is 4.35. The van der Waals surface area contributed by atoms with Crippen molar-refractivity contribution in [3.8, 4) is 11.9 Å². The first-order valence-electron chi connectivity index (χ1n) is 8.47. The molecular formula is C17H17N5O4S2. The largest absolute Gasteiger partial charge is 0.492 e. The predicted molar refractivity (Wildman–Crippen MR) is 106 cm³/mol. The van der Waals surface area contributed by atoms with E-state index >= 15 is 0 Å². The van der Waals surface area contributed by atoms with E-state index in [1.54, 1.807) is 0 Å². The zero-order valence-electron chi connectivity index (χ0n) is 14.9. The molecule has 0 unspecified atom stereocenters. The minimum absolute atomic E-state index is 0.0396. The number of thioether (sulfide) groups is 1. The molecule has 0 bridgehead atoms. The fourth-order valence-corrected chi connectivity index (χ4v) is 4.78. The van der Waals surface area contributed by atoms with Crippen LogP contribution in [0.1, 0.15) is 35.8 Å². The van der Waals surface area contributed by atoms with Crippen LogP contribution in [0.25, 0.3) is 0 Å². The summed E-state index contributed by atoms with van der Waals surface area (Å²) < 4.78 is 0. The number of aryl methyl sites for hydroxylation is 1. The Balaban J connectivity index is 1.67. The van der Waals surface area contributed by atoms with Crippen LogP contribution in [0.5, 0.6) is 5.88 Å². The van der Waals surface area contributed by atoms with Crippen molar-refractivity contribution in [3.63, 3.8) is 0 Å². The first kappa shape index (κ1) is 19.9. The number of amides is 2. The minimum Gasteiger partial charge on any atom is -0.492 e. The van der Waals surface area contributed by atoms with E-state index in [4.69, 9.17) is 0 Å². The van der Waals surface area contributed by atoms with Gasteiger partial charge in [0.05, 0.1) is 11.3 Å². The molecule has 4 N–H and O–H groups in total. The van der Waals surface area contributed by atoms with Gasteiger partial charge in [-0.15, -0.1) is 11.3 Å². The van der Waals surface area contributed by atoms with Crippen LogP contribution >= 0.6 is 23.1 Å². The Morgan fingerprint density at radius 3 is 2.79 bits per heavy atom. The second-order valence-electron chi connectivity index (χ2n) is 6.11. The van der Waals surface area contributed by atoms with Gasteiger partial charge in [0.1, 0.15) is 11.1 Å². The Labute approximate surface area is 168 Å². The molecule has 1 aliphatic carbocycles. The molecule has 0 saturated heterocycles. The Hall–Kier alpha value is -2.84. The van der Waals surface area contributed by atoms with E-state index in [0.29, 0.717) is 10.6 Å². The molecule has 3 rings (SSSR count). The van der Waals surface area contributed by atoms with Gasteiger partial charge >= 0.3 is 0 Å². The van der Waals surface area contributed by atoms with Crippen molar-refractivity contribution in [2.75, 3.05) is 16.4 Å². The summed E-state index contributed by atoms with van der Waals surface area (Å²) in [6, 6.07) is 2.18. The van der Waals surface area contributed by atoms with E-state index in [-0.39, 0.29) is 22.5 Å². The number of aromatic nitrogens is 2. The number of nitriles is 1. The summed E-state index contributed by atoms with van der Waals surface area (Å²) >= 11 is 2.35. The fraction of sp³-hybridized carbons (Fsp3) is 0.353. The van der Waals surface area contributed by atoms with Crippen molar-refractivity contribution in [2.24, 2.45) is 0 Å². The molecule has 2 heterocycles. The average molecular weight is 419 g/mol. The van der Waals surface area contributed by atoms with Crippen molar-refractivity contribution in [1.29, 1.82) is 5.26 Å². The molecular weight excluding hydrogens is 402 g/mol. The van der Waals surface area contributed by atoms with E-state index in [9.17, 15) is 24.8 Å². The van der Waals surface area contributed by atoms with Crippen molar-refractivity contribution in [1.82, 2.24) is 9.97 Å². The summed E-state index contributed by atoms with van der Waals surface area (Å²) in [5.74, 6) is -1.57. The molecule has 0 aromatic carbocycles. The number of hydrogen-bond donors (Lipinski definition) is 4. The third-order valence-corrected chi connectivity index (χ3v) is 6.14. The molecule has 0 aliphatic heterocycles. The first-order chi connectivity index (χ1) is 13.4. The number of carbonyl (C=O) groups is 2. The van der Waals surface area contributed by atoms with Crippen LogP contribution in [-0.4, -0.2) is 32.6 Å².